The summed E-state index contributed by atoms with van der Waals surface area (Å²) in [5, 5.41) is 13.8. The molecule has 0 heterocycles. The summed E-state index contributed by atoms with van der Waals surface area (Å²) in [4.78, 5) is 22.7. The Morgan fingerprint density at radius 3 is 2.56 bits per heavy atom. The molecule has 0 fully saturated rings. The first kappa shape index (κ1) is 13.7. The molecule has 1 aromatic carbocycles. The highest BCUT2D eigenvalue weighted by molar-refractivity contribution is 5.87. The van der Waals surface area contributed by atoms with E-state index in [0.29, 0.717) is 6.42 Å². The molecule has 1 aromatic rings. The first-order valence-corrected chi connectivity index (χ1v) is 5.59. The number of hydrogen-bond donors (Lipinski definition) is 2. The molecule has 18 heavy (non-hydrogen) atoms. The summed E-state index contributed by atoms with van der Waals surface area (Å²) in [6.07, 6.45) is 0.344. The van der Waals surface area contributed by atoms with Crippen molar-refractivity contribution in [2.45, 2.75) is 6.42 Å². The van der Waals surface area contributed by atoms with E-state index in [1.807, 2.05) is 36.4 Å². The van der Waals surface area contributed by atoms with Crippen molar-refractivity contribution in [1.29, 1.82) is 5.26 Å². The van der Waals surface area contributed by atoms with Crippen LogP contribution in [-0.2, 0) is 16.0 Å². The molecule has 0 aliphatic carbocycles. The van der Waals surface area contributed by atoms with Crippen molar-refractivity contribution < 1.29 is 9.59 Å². The summed E-state index contributed by atoms with van der Waals surface area (Å²) < 4.78 is 0. The summed E-state index contributed by atoms with van der Waals surface area (Å²) in [6.45, 7) is -0.109. The number of carbonyl (C=O) groups excluding carboxylic acids is 2. The molecule has 0 saturated carbocycles. The molecule has 0 radical (unpaired) electrons. The van der Waals surface area contributed by atoms with E-state index in [2.05, 4.69) is 10.6 Å². The number of carbonyl (C=O) groups is 2. The van der Waals surface area contributed by atoms with Gasteiger partial charge in [0.05, 0.1) is 12.6 Å². The maximum absolute atomic E-state index is 11.7. The number of nitriles is 1. The Labute approximate surface area is 106 Å². The second-order valence-electron chi connectivity index (χ2n) is 3.76. The summed E-state index contributed by atoms with van der Waals surface area (Å²) in [5.41, 5.74) is 0.916. The van der Waals surface area contributed by atoms with E-state index in [1.165, 1.54) is 7.05 Å². The van der Waals surface area contributed by atoms with Gasteiger partial charge < -0.3 is 10.6 Å². The number of amides is 2. The minimum absolute atomic E-state index is 0.109. The highest BCUT2D eigenvalue weighted by Crippen LogP contribution is 2.07. The quantitative estimate of drug-likeness (QED) is 0.779. The molecule has 0 spiro atoms. The lowest BCUT2D eigenvalue weighted by Gasteiger charge is -2.09. The topological polar surface area (TPSA) is 82.0 Å². The van der Waals surface area contributed by atoms with Crippen LogP contribution >= 0.6 is 0 Å². The fourth-order valence-corrected chi connectivity index (χ4v) is 1.43. The Morgan fingerprint density at radius 2 is 2.00 bits per heavy atom. The highest BCUT2D eigenvalue weighted by Gasteiger charge is 2.18. The van der Waals surface area contributed by atoms with Crippen LogP contribution < -0.4 is 10.6 Å². The third kappa shape index (κ3) is 4.26. The van der Waals surface area contributed by atoms with Crippen molar-refractivity contribution in [3.63, 3.8) is 0 Å². The first-order valence-electron chi connectivity index (χ1n) is 5.59. The minimum Gasteiger partial charge on any atom is -0.358 e. The van der Waals surface area contributed by atoms with Crippen LogP contribution in [0.3, 0.4) is 0 Å². The molecule has 94 valence electrons. The van der Waals surface area contributed by atoms with Crippen LogP contribution in [0.1, 0.15) is 5.56 Å². The van der Waals surface area contributed by atoms with E-state index in [0.717, 1.165) is 5.56 Å². The smallest absolute Gasteiger partial charge is 0.239 e. The van der Waals surface area contributed by atoms with Gasteiger partial charge in [-0.2, -0.15) is 5.26 Å². The summed E-state index contributed by atoms with van der Waals surface area (Å²) in [7, 11) is 1.49. The molecule has 0 bridgehead atoms. The van der Waals surface area contributed by atoms with Gasteiger partial charge in [0.1, 0.15) is 5.92 Å². The van der Waals surface area contributed by atoms with Gasteiger partial charge in [0, 0.05) is 7.05 Å². The average molecular weight is 245 g/mol. The lowest BCUT2D eigenvalue weighted by Crippen LogP contribution is -2.38. The van der Waals surface area contributed by atoms with Crippen LogP contribution in [-0.4, -0.2) is 25.4 Å². The van der Waals surface area contributed by atoms with Crippen molar-refractivity contribution >= 4 is 11.8 Å². The Morgan fingerprint density at radius 1 is 1.33 bits per heavy atom. The standard InChI is InChI=1S/C13H15N3O2/c1-15-12(17)9-16-13(18)11(8-14)7-10-5-3-2-4-6-10/h2-6,11H,7,9H2,1H3,(H,15,17)(H,16,18). The van der Waals surface area contributed by atoms with Gasteiger partial charge in [-0.1, -0.05) is 30.3 Å². The molecular weight excluding hydrogens is 230 g/mol. The second kappa shape index (κ2) is 7.07. The molecule has 5 heteroatoms. The largest absolute Gasteiger partial charge is 0.358 e. The Hall–Kier alpha value is -2.35. The van der Waals surface area contributed by atoms with E-state index in [9.17, 15) is 9.59 Å². The molecular formula is C13H15N3O2. The van der Waals surface area contributed by atoms with Crippen LogP contribution in [0, 0.1) is 17.2 Å². The van der Waals surface area contributed by atoms with E-state index in [1.54, 1.807) is 0 Å². The molecule has 5 nitrogen and oxygen atoms in total. The lowest BCUT2D eigenvalue weighted by atomic mass is 10.00. The number of rotatable bonds is 5. The monoisotopic (exact) mass is 245 g/mol. The second-order valence-corrected chi connectivity index (χ2v) is 3.76. The molecule has 0 saturated heterocycles. The van der Waals surface area contributed by atoms with Crippen molar-refractivity contribution in [1.82, 2.24) is 10.6 Å². The van der Waals surface area contributed by atoms with Crippen molar-refractivity contribution in [2.75, 3.05) is 13.6 Å². The SMILES string of the molecule is CNC(=O)CNC(=O)C(C#N)Cc1ccccc1. The number of benzene rings is 1. The van der Waals surface area contributed by atoms with Gasteiger partial charge in [0.15, 0.2) is 0 Å². The van der Waals surface area contributed by atoms with Crippen LogP contribution in [0.25, 0.3) is 0 Å². The summed E-state index contributed by atoms with van der Waals surface area (Å²) in [6, 6.07) is 11.2. The van der Waals surface area contributed by atoms with E-state index in [4.69, 9.17) is 5.26 Å². The predicted octanol–water partition coefficient (Wildman–Crippen LogP) is 0.231. The van der Waals surface area contributed by atoms with Gasteiger partial charge in [-0.3, -0.25) is 9.59 Å². The Balaban J connectivity index is 2.54. The molecule has 2 amide bonds. The fraction of sp³-hybridized carbons (Fsp3) is 0.308. The van der Waals surface area contributed by atoms with Crippen LogP contribution in [0.4, 0.5) is 0 Å². The van der Waals surface area contributed by atoms with Gasteiger partial charge in [-0.25, -0.2) is 0 Å². The maximum atomic E-state index is 11.7. The van der Waals surface area contributed by atoms with Gasteiger partial charge in [-0.15, -0.1) is 0 Å². The number of nitrogens with one attached hydrogen (secondary N) is 2. The first-order chi connectivity index (χ1) is 8.67. The summed E-state index contributed by atoms with van der Waals surface area (Å²) >= 11 is 0. The molecule has 0 aliphatic heterocycles. The molecule has 1 rings (SSSR count). The third-order valence-corrected chi connectivity index (χ3v) is 2.46. The lowest BCUT2D eigenvalue weighted by molar-refractivity contribution is -0.127. The highest BCUT2D eigenvalue weighted by atomic mass is 16.2. The van der Waals surface area contributed by atoms with E-state index in [-0.39, 0.29) is 12.5 Å². The molecule has 1 unspecified atom stereocenters. The van der Waals surface area contributed by atoms with Crippen molar-refractivity contribution in [3.8, 4) is 6.07 Å². The van der Waals surface area contributed by atoms with Crippen molar-refractivity contribution in [2.24, 2.45) is 5.92 Å². The third-order valence-electron chi connectivity index (χ3n) is 2.46. The van der Waals surface area contributed by atoms with Crippen LogP contribution in [0.2, 0.25) is 0 Å². The van der Waals surface area contributed by atoms with Crippen molar-refractivity contribution in [3.05, 3.63) is 35.9 Å². The maximum Gasteiger partial charge on any atom is 0.239 e. The van der Waals surface area contributed by atoms with Gasteiger partial charge in [0.25, 0.3) is 0 Å². The number of nitrogens with zero attached hydrogens (tertiary/aromatic N) is 1. The van der Waals surface area contributed by atoms with Gasteiger partial charge in [0.2, 0.25) is 11.8 Å². The average Bonchev–Trinajstić information content (AvgIpc) is 2.42. The minimum atomic E-state index is -0.781. The number of likely N-dealkylation sites (N-methyl/N-ethyl adjacent to an activating group) is 1. The predicted molar refractivity (Wildman–Crippen MR) is 66.3 cm³/mol. The van der Waals surface area contributed by atoms with Crippen LogP contribution in [0.15, 0.2) is 30.3 Å². The Bertz CT molecular complexity index is 451. The van der Waals surface area contributed by atoms with Crippen LogP contribution in [0.5, 0.6) is 0 Å². The molecule has 0 aromatic heterocycles. The molecule has 2 N–H and O–H groups in total. The fourth-order valence-electron chi connectivity index (χ4n) is 1.43. The molecule has 1 atom stereocenters. The zero-order chi connectivity index (χ0) is 13.4. The normalized spacial score (nSPS) is 11.1. The van der Waals surface area contributed by atoms with Gasteiger partial charge >= 0.3 is 0 Å². The van der Waals surface area contributed by atoms with Gasteiger partial charge in [-0.05, 0) is 12.0 Å². The Kier molecular flexibility index (Phi) is 5.39. The molecule has 0 aliphatic rings. The van der Waals surface area contributed by atoms with E-state index >= 15 is 0 Å². The van der Waals surface area contributed by atoms with E-state index < -0.39 is 11.8 Å². The zero-order valence-electron chi connectivity index (χ0n) is 10.1. The summed E-state index contributed by atoms with van der Waals surface area (Å²) in [5.74, 6) is -1.50. The number of hydrogen-bond acceptors (Lipinski definition) is 3. The zero-order valence-corrected chi connectivity index (χ0v) is 10.1.